The first-order chi connectivity index (χ1) is 8.06. The fraction of sp³-hybridized carbons (Fsp3) is 1.00. The lowest BCUT2D eigenvalue weighted by Gasteiger charge is -2.33. The fourth-order valence-corrected chi connectivity index (χ4v) is 3.85. The Hall–Kier alpha value is 0. The van der Waals surface area contributed by atoms with E-state index >= 15 is 0 Å². The standard InChI is InChI=1S/C17H34/c1-5-16-10-7-6-8-12-17(4,13-9-11-16)14-15(2)3/h15-16H,5-14H2,1-4H3. The van der Waals surface area contributed by atoms with Gasteiger partial charge < -0.3 is 0 Å². The zero-order chi connectivity index (χ0) is 12.7. The van der Waals surface area contributed by atoms with Crippen LogP contribution in [-0.4, -0.2) is 0 Å². The highest BCUT2D eigenvalue weighted by Crippen LogP contribution is 2.39. The molecule has 0 aromatic rings. The lowest BCUT2D eigenvalue weighted by atomic mass is 9.73. The molecule has 1 saturated carbocycles. The average molecular weight is 238 g/mol. The third kappa shape index (κ3) is 5.93. The Morgan fingerprint density at radius 3 is 2.29 bits per heavy atom. The van der Waals surface area contributed by atoms with Crippen molar-refractivity contribution < 1.29 is 0 Å². The Morgan fingerprint density at radius 1 is 1.00 bits per heavy atom. The normalized spacial score (nSPS) is 32.6. The van der Waals surface area contributed by atoms with Gasteiger partial charge in [0.1, 0.15) is 0 Å². The maximum absolute atomic E-state index is 2.55. The van der Waals surface area contributed by atoms with E-state index in [1.807, 2.05) is 0 Å². The van der Waals surface area contributed by atoms with Gasteiger partial charge in [-0.2, -0.15) is 0 Å². The van der Waals surface area contributed by atoms with Crippen LogP contribution in [0.15, 0.2) is 0 Å². The average Bonchev–Trinajstić information content (AvgIpc) is 2.25. The first-order valence-corrected chi connectivity index (χ1v) is 8.06. The molecular formula is C17H34. The van der Waals surface area contributed by atoms with Crippen molar-refractivity contribution in [1.82, 2.24) is 0 Å². The first-order valence-electron chi connectivity index (χ1n) is 8.06. The molecule has 0 bridgehead atoms. The van der Waals surface area contributed by atoms with Gasteiger partial charge in [0.2, 0.25) is 0 Å². The van der Waals surface area contributed by atoms with Gasteiger partial charge in [-0.15, -0.1) is 0 Å². The molecule has 1 fully saturated rings. The lowest BCUT2D eigenvalue weighted by molar-refractivity contribution is 0.190. The number of hydrogen-bond donors (Lipinski definition) is 0. The lowest BCUT2D eigenvalue weighted by Crippen LogP contribution is -2.20. The van der Waals surface area contributed by atoms with Crippen molar-refractivity contribution in [1.29, 1.82) is 0 Å². The smallest absolute Gasteiger partial charge is 0.0323 e. The van der Waals surface area contributed by atoms with E-state index in [-0.39, 0.29) is 0 Å². The maximum atomic E-state index is 2.55. The van der Waals surface area contributed by atoms with Gasteiger partial charge in [-0.3, -0.25) is 0 Å². The highest BCUT2D eigenvalue weighted by Gasteiger charge is 2.25. The molecule has 1 aliphatic rings. The van der Waals surface area contributed by atoms with Crippen LogP contribution in [0.5, 0.6) is 0 Å². The van der Waals surface area contributed by atoms with Gasteiger partial charge in [0.15, 0.2) is 0 Å². The van der Waals surface area contributed by atoms with Crippen LogP contribution in [0.25, 0.3) is 0 Å². The van der Waals surface area contributed by atoms with E-state index in [0.29, 0.717) is 5.41 Å². The van der Waals surface area contributed by atoms with Crippen molar-refractivity contribution in [2.45, 2.75) is 91.9 Å². The van der Waals surface area contributed by atoms with Crippen LogP contribution in [0.1, 0.15) is 91.9 Å². The molecule has 1 aliphatic carbocycles. The van der Waals surface area contributed by atoms with Crippen LogP contribution in [-0.2, 0) is 0 Å². The minimum atomic E-state index is 0.643. The second kappa shape index (κ2) is 7.44. The van der Waals surface area contributed by atoms with E-state index in [2.05, 4.69) is 27.7 Å². The molecule has 1 rings (SSSR count). The van der Waals surface area contributed by atoms with Gasteiger partial charge in [0, 0.05) is 0 Å². The van der Waals surface area contributed by atoms with Crippen LogP contribution >= 0.6 is 0 Å². The molecule has 2 unspecified atom stereocenters. The molecule has 0 aromatic carbocycles. The SMILES string of the molecule is CCC1CCCCCC(C)(CC(C)C)CCC1. The van der Waals surface area contributed by atoms with Crippen molar-refractivity contribution in [3.63, 3.8) is 0 Å². The quantitative estimate of drug-likeness (QED) is 0.549. The maximum Gasteiger partial charge on any atom is -0.0323 e. The summed E-state index contributed by atoms with van der Waals surface area (Å²) in [5.74, 6) is 1.89. The van der Waals surface area contributed by atoms with Crippen LogP contribution in [0, 0.1) is 17.3 Å². The van der Waals surface area contributed by atoms with E-state index in [9.17, 15) is 0 Å². The molecule has 0 amide bonds. The van der Waals surface area contributed by atoms with Gasteiger partial charge in [-0.25, -0.2) is 0 Å². The highest BCUT2D eigenvalue weighted by atomic mass is 14.3. The van der Waals surface area contributed by atoms with Crippen molar-refractivity contribution in [3.8, 4) is 0 Å². The summed E-state index contributed by atoms with van der Waals surface area (Å²) in [7, 11) is 0. The Balaban J connectivity index is 2.49. The zero-order valence-corrected chi connectivity index (χ0v) is 12.7. The molecule has 0 aliphatic heterocycles. The molecule has 0 spiro atoms. The summed E-state index contributed by atoms with van der Waals surface area (Å²) in [6, 6.07) is 0. The zero-order valence-electron chi connectivity index (χ0n) is 12.7. The summed E-state index contributed by atoms with van der Waals surface area (Å²) in [6.45, 7) is 9.71. The topological polar surface area (TPSA) is 0 Å². The van der Waals surface area contributed by atoms with Gasteiger partial charge in [0.05, 0.1) is 0 Å². The molecule has 0 aromatic heterocycles. The van der Waals surface area contributed by atoms with Crippen LogP contribution < -0.4 is 0 Å². The van der Waals surface area contributed by atoms with E-state index < -0.39 is 0 Å². The monoisotopic (exact) mass is 238 g/mol. The van der Waals surface area contributed by atoms with Crippen molar-refractivity contribution in [3.05, 3.63) is 0 Å². The van der Waals surface area contributed by atoms with E-state index in [0.717, 1.165) is 11.8 Å². The summed E-state index contributed by atoms with van der Waals surface area (Å²) < 4.78 is 0. The minimum Gasteiger partial charge on any atom is -0.0651 e. The Morgan fingerprint density at radius 2 is 1.65 bits per heavy atom. The first kappa shape index (κ1) is 15.1. The molecular weight excluding hydrogens is 204 g/mol. The summed E-state index contributed by atoms with van der Waals surface area (Å²) in [5.41, 5.74) is 0.643. The molecule has 17 heavy (non-hydrogen) atoms. The van der Waals surface area contributed by atoms with Crippen molar-refractivity contribution in [2.24, 2.45) is 17.3 Å². The summed E-state index contributed by atoms with van der Waals surface area (Å²) in [4.78, 5) is 0. The third-order valence-corrected chi connectivity index (χ3v) is 4.76. The van der Waals surface area contributed by atoms with Crippen molar-refractivity contribution >= 4 is 0 Å². The molecule has 0 N–H and O–H groups in total. The molecule has 2 atom stereocenters. The summed E-state index contributed by atoms with van der Waals surface area (Å²) in [6.07, 6.45) is 14.7. The highest BCUT2D eigenvalue weighted by molar-refractivity contribution is 4.77. The van der Waals surface area contributed by atoms with Crippen molar-refractivity contribution in [2.75, 3.05) is 0 Å². The molecule has 0 nitrogen and oxygen atoms in total. The van der Waals surface area contributed by atoms with Gasteiger partial charge in [-0.1, -0.05) is 72.6 Å². The van der Waals surface area contributed by atoms with Gasteiger partial charge in [-0.05, 0) is 36.5 Å². The van der Waals surface area contributed by atoms with E-state index in [1.54, 1.807) is 0 Å². The minimum absolute atomic E-state index is 0.643. The van der Waals surface area contributed by atoms with Crippen LogP contribution in [0.4, 0.5) is 0 Å². The largest absolute Gasteiger partial charge is 0.0651 e. The molecule has 102 valence electrons. The predicted molar refractivity (Wildman–Crippen MR) is 78.3 cm³/mol. The predicted octanol–water partition coefficient (Wildman–Crippen LogP) is 6.20. The second-order valence-corrected chi connectivity index (χ2v) is 7.17. The third-order valence-electron chi connectivity index (χ3n) is 4.76. The second-order valence-electron chi connectivity index (χ2n) is 7.17. The van der Waals surface area contributed by atoms with E-state index in [4.69, 9.17) is 0 Å². The number of rotatable bonds is 3. The fourth-order valence-electron chi connectivity index (χ4n) is 3.85. The molecule has 0 saturated heterocycles. The van der Waals surface area contributed by atoms with Gasteiger partial charge >= 0.3 is 0 Å². The van der Waals surface area contributed by atoms with Crippen LogP contribution in [0.3, 0.4) is 0 Å². The van der Waals surface area contributed by atoms with Gasteiger partial charge in [0.25, 0.3) is 0 Å². The Kier molecular flexibility index (Phi) is 6.59. The Labute approximate surface area is 110 Å². The van der Waals surface area contributed by atoms with E-state index in [1.165, 1.54) is 64.2 Å². The molecule has 0 heteroatoms. The summed E-state index contributed by atoms with van der Waals surface area (Å²) in [5, 5.41) is 0. The number of hydrogen-bond acceptors (Lipinski definition) is 0. The Bertz CT molecular complexity index is 194. The summed E-state index contributed by atoms with van der Waals surface area (Å²) >= 11 is 0. The molecule has 0 radical (unpaired) electrons. The molecule has 0 heterocycles. The van der Waals surface area contributed by atoms with Crippen LogP contribution in [0.2, 0.25) is 0 Å².